The molecule has 0 heterocycles. The van der Waals surface area contributed by atoms with Crippen molar-refractivity contribution in [2.45, 2.75) is 24.0 Å². The van der Waals surface area contributed by atoms with Crippen molar-refractivity contribution in [3.63, 3.8) is 0 Å². The number of hydrogen-bond donors (Lipinski definition) is 1. The molecule has 1 aromatic carbocycles. The molecule has 0 radical (unpaired) electrons. The number of carboxylic acid groups (broad SMARTS) is 1. The van der Waals surface area contributed by atoms with Crippen molar-refractivity contribution >= 4 is 16.8 Å². The molecule has 88 valence electrons. The quantitative estimate of drug-likeness (QED) is 0.891. The van der Waals surface area contributed by atoms with Crippen LogP contribution in [0.2, 0.25) is 0 Å². The van der Waals surface area contributed by atoms with Crippen molar-refractivity contribution in [1.29, 1.82) is 0 Å². The van der Waals surface area contributed by atoms with E-state index in [0.717, 1.165) is 0 Å². The molecular weight excluding hydrogens is 238 g/mol. The van der Waals surface area contributed by atoms with Gasteiger partial charge in [0.15, 0.2) is 0 Å². The van der Waals surface area contributed by atoms with Gasteiger partial charge in [-0.05, 0) is 31.0 Å². The molecule has 0 fully saturated rings. The first-order valence-electron chi connectivity index (χ1n) is 4.37. The first kappa shape index (κ1) is 12.8. The number of halogens is 2. The van der Waals surface area contributed by atoms with Crippen molar-refractivity contribution in [3.8, 4) is 0 Å². The summed E-state index contributed by atoms with van der Waals surface area (Å²) in [5.74, 6) is -2.38. The highest BCUT2D eigenvalue weighted by atomic mass is 32.2. The first-order valence-corrected chi connectivity index (χ1v) is 5.52. The Kier molecular flexibility index (Phi) is 3.42. The van der Waals surface area contributed by atoms with Gasteiger partial charge < -0.3 is 5.11 Å². The second-order valence-corrected chi connectivity index (χ2v) is 4.85. The zero-order chi connectivity index (χ0) is 12.5. The number of rotatable bonds is 3. The van der Waals surface area contributed by atoms with E-state index >= 15 is 0 Å². The molecule has 1 atom stereocenters. The molecule has 3 nitrogen and oxygen atoms in total. The molecule has 0 aromatic heterocycles. The molecule has 1 aromatic rings. The zero-order valence-corrected chi connectivity index (χ0v) is 9.48. The van der Waals surface area contributed by atoms with E-state index in [9.17, 15) is 17.8 Å². The average Bonchev–Trinajstić information content (AvgIpc) is 2.20. The van der Waals surface area contributed by atoms with E-state index in [2.05, 4.69) is 0 Å². The van der Waals surface area contributed by atoms with Gasteiger partial charge in [0, 0.05) is 4.90 Å². The standard InChI is InChI=1S/C10H10F2O3S/c1-6-3-4-7(2)8(5-6)16(15)10(11,12)9(13)14/h3-5H,1-2H3,(H,13,14). The van der Waals surface area contributed by atoms with Gasteiger partial charge in [0.05, 0.1) is 0 Å². The lowest BCUT2D eigenvalue weighted by Crippen LogP contribution is -2.33. The van der Waals surface area contributed by atoms with Crippen LogP contribution in [0.1, 0.15) is 11.1 Å². The van der Waals surface area contributed by atoms with E-state index in [1.54, 1.807) is 13.0 Å². The van der Waals surface area contributed by atoms with E-state index in [1.807, 2.05) is 0 Å². The fraction of sp³-hybridized carbons (Fsp3) is 0.300. The molecule has 16 heavy (non-hydrogen) atoms. The molecule has 0 saturated heterocycles. The van der Waals surface area contributed by atoms with Gasteiger partial charge in [-0.3, -0.25) is 0 Å². The van der Waals surface area contributed by atoms with Crippen LogP contribution < -0.4 is 0 Å². The van der Waals surface area contributed by atoms with Crippen LogP contribution in [0.15, 0.2) is 23.1 Å². The summed E-state index contributed by atoms with van der Waals surface area (Å²) in [5.41, 5.74) is 1.03. The Labute approximate surface area is 93.6 Å². The third-order valence-electron chi connectivity index (χ3n) is 2.03. The predicted octanol–water partition coefficient (Wildman–Crippen LogP) is 2.09. The number of carboxylic acids is 1. The lowest BCUT2D eigenvalue weighted by Gasteiger charge is -2.13. The molecule has 0 bridgehead atoms. The summed E-state index contributed by atoms with van der Waals surface area (Å²) >= 11 is 0. The van der Waals surface area contributed by atoms with Crippen LogP contribution in [0.25, 0.3) is 0 Å². The summed E-state index contributed by atoms with van der Waals surface area (Å²) < 4.78 is 37.5. The largest absolute Gasteiger partial charge is 0.476 e. The zero-order valence-electron chi connectivity index (χ0n) is 8.66. The Hall–Kier alpha value is -1.30. The van der Waals surface area contributed by atoms with Crippen LogP contribution >= 0.6 is 0 Å². The molecule has 6 heteroatoms. The Morgan fingerprint density at radius 2 is 1.94 bits per heavy atom. The molecular formula is C10H10F2O3S. The highest BCUT2D eigenvalue weighted by Crippen LogP contribution is 2.27. The molecule has 1 N–H and O–H groups in total. The topological polar surface area (TPSA) is 54.4 Å². The predicted molar refractivity (Wildman–Crippen MR) is 54.9 cm³/mol. The van der Waals surface area contributed by atoms with Crippen LogP contribution in [0, 0.1) is 13.8 Å². The molecule has 1 unspecified atom stereocenters. The maximum Gasteiger partial charge on any atom is 0.419 e. The van der Waals surface area contributed by atoms with E-state index in [0.29, 0.717) is 11.1 Å². The minimum Gasteiger partial charge on any atom is -0.476 e. The maximum absolute atomic E-state index is 13.0. The Morgan fingerprint density at radius 3 is 2.44 bits per heavy atom. The first-order chi connectivity index (χ1) is 7.26. The number of carbonyl (C=O) groups is 1. The minimum atomic E-state index is -4.27. The fourth-order valence-corrected chi connectivity index (χ4v) is 2.21. The van der Waals surface area contributed by atoms with E-state index in [1.165, 1.54) is 19.1 Å². The monoisotopic (exact) mass is 248 g/mol. The van der Waals surface area contributed by atoms with Gasteiger partial charge in [-0.25, -0.2) is 9.00 Å². The molecule has 0 aliphatic heterocycles. The molecule has 0 spiro atoms. The van der Waals surface area contributed by atoms with Crippen molar-refractivity contribution in [1.82, 2.24) is 0 Å². The van der Waals surface area contributed by atoms with Crippen LogP contribution in [0.5, 0.6) is 0 Å². The SMILES string of the molecule is Cc1ccc(C)c(S(=O)C(F)(F)C(=O)O)c1. The third kappa shape index (κ3) is 2.27. The average molecular weight is 248 g/mol. The molecule has 0 amide bonds. The Bertz CT molecular complexity index is 457. The molecule has 1 rings (SSSR count). The summed E-state index contributed by atoms with van der Waals surface area (Å²) in [7, 11) is -2.88. The van der Waals surface area contributed by atoms with E-state index in [-0.39, 0.29) is 4.90 Å². The van der Waals surface area contributed by atoms with E-state index in [4.69, 9.17) is 5.11 Å². The van der Waals surface area contributed by atoms with E-state index < -0.39 is 22.0 Å². The molecule has 0 aliphatic carbocycles. The highest BCUT2D eigenvalue weighted by molar-refractivity contribution is 7.87. The second kappa shape index (κ2) is 4.29. The van der Waals surface area contributed by atoms with Gasteiger partial charge in [0.1, 0.15) is 10.8 Å². The maximum atomic E-state index is 13.0. The third-order valence-corrected chi connectivity index (χ3v) is 3.50. The summed E-state index contributed by atoms with van der Waals surface area (Å²) in [6, 6.07) is 4.51. The molecule has 0 aliphatic rings. The van der Waals surface area contributed by atoms with Crippen LogP contribution in [-0.4, -0.2) is 20.5 Å². The van der Waals surface area contributed by atoms with Gasteiger partial charge >= 0.3 is 11.2 Å². The van der Waals surface area contributed by atoms with Gasteiger partial charge in [0.25, 0.3) is 0 Å². The Balaban J connectivity index is 3.25. The number of aryl methyl sites for hydroxylation is 2. The normalized spacial score (nSPS) is 13.5. The second-order valence-electron chi connectivity index (χ2n) is 3.36. The van der Waals surface area contributed by atoms with Crippen molar-refractivity contribution in [3.05, 3.63) is 29.3 Å². The number of aliphatic carboxylic acids is 1. The summed E-state index contributed by atoms with van der Waals surface area (Å²) in [4.78, 5) is 10.1. The summed E-state index contributed by atoms with van der Waals surface area (Å²) in [6.45, 7) is 3.16. The van der Waals surface area contributed by atoms with Crippen LogP contribution in [-0.2, 0) is 15.6 Å². The highest BCUT2D eigenvalue weighted by Gasteiger charge is 2.47. The van der Waals surface area contributed by atoms with Crippen LogP contribution in [0.4, 0.5) is 8.78 Å². The fourth-order valence-electron chi connectivity index (χ4n) is 1.12. The van der Waals surface area contributed by atoms with Crippen molar-refractivity contribution < 1.29 is 22.9 Å². The van der Waals surface area contributed by atoms with Gasteiger partial charge in [0.2, 0.25) is 0 Å². The van der Waals surface area contributed by atoms with Crippen molar-refractivity contribution in [2.24, 2.45) is 0 Å². The lowest BCUT2D eigenvalue weighted by atomic mass is 10.2. The van der Waals surface area contributed by atoms with Crippen LogP contribution in [0.3, 0.4) is 0 Å². The van der Waals surface area contributed by atoms with Gasteiger partial charge in [-0.1, -0.05) is 12.1 Å². The smallest absolute Gasteiger partial charge is 0.419 e. The van der Waals surface area contributed by atoms with Gasteiger partial charge in [-0.2, -0.15) is 8.78 Å². The van der Waals surface area contributed by atoms with Crippen molar-refractivity contribution in [2.75, 3.05) is 0 Å². The number of alkyl halides is 2. The minimum absolute atomic E-state index is 0.146. The number of benzene rings is 1. The number of hydrogen-bond acceptors (Lipinski definition) is 2. The Morgan fingerprint density at radius 1 is 1.38 bits per heavy atom. The summed E-state index contributed by atoms with van der Waals surface area (Å²) in [5, 5.41) is 4.02. The van der Waals surface area contributed by atoms with Gasteiger partial charge in [-0.15, -0.1) is 0 Å². The lowest BCUT2D eigenvalue weighted by molar-refractivity contribution is -0.153. The summed E-state index contributed by atoms with van der Waals surface area (Å²) in [6.07, 6.45) is 0. The molecule has 0 saturated carbocycles.